The molecular weight excluding hydrogens is 388 g/mol. The number of alkyl halides is 3. The first-order chi connectivity index (χ1) is 13.9. The molecule has 3 aromatic rings. The summed E-state index contributed by atoms with van der Waals surface area (Å²) in [4.78, 5) is 8.10. The number of halogens is 4. The van der Waals surface area contributed by atoms with Crippen LogP contribution in [0.15, 0.2) is 53.8 Å². The minimum absolute atomic E-state index is 0.0748. The van der Waals surface area contributed by atoms with Crippen molar-refractivity contribution < 1.29 is 17.6 Å². The van der Waals surface area contributed by atoms with Crippen LogP contribution in [0.3, 0.4) is 0 Å². The zero-order chi connectivity index (χ0) is 20.9. The van der Waals surface area contributed by atoms with Crippen molar-refractivity contribution in [3.63, 3.8) is 0 Å². The van der Waals surface area contributed by atoms with Crippen LogP contribution in [0.1, 0.15) is 16.7 Å². The number of aliphatic imine (C=N–C) groups is 1. The van der Waals surface area contributed by atoms with Gasteiger partial charge in [0.05, 0.1) is 5.56 Å². The van der Waals surface area contributed by atoms with Gasteiger partial charge in [0.15, 0.2) is 11.8 Å². The van der Waals surface area contributed by atoms with Crippen molar-refractivity contribution >= 4 is 5.96 Å². The Hall–Kier alpha value is -3.43. The summed E-state index contributed by atoms with van der Waals surface area (Å²) in [7, 11) is 1.51. The fourth-order valence-corrected chi connectivity index (χ4v) is 2.73. The first-order valence-electron chi connectivity index (χ1n) is 8.61. The normalized spacial score (nSPS) is 12.1. The molecule has 0 saturated carbocycles. The molecule has 0 amide bonds. The standard InChI is InChI=1S/C19H18F4N6/c1-24-18(26-10-14-5-6-15(20)8-16(14)19(21,22)23)25-9-12-3-2-4-13(7-12)17-27-11-28-29-17/h2-8,11H,9-10H2,1H3,(H2,24,25,26)(H,27,28,29). The van der Waals surface area contributed by atoms with Gasteiger partial charge >= 0.3 is 6.18 Å². The molecule has 0 aliphatic rings. The van der Waals surface area contributed by atoms with Crippen LogP contribution < -0.4 is 10.6 Å². The van der Waals surface area contributed by atoms with Crippen LogP contribution in [-0.2, 0) is 19.3 Å². The Kier molecular flexibility index (Phi) is 6.10. The Morgan fingerprint density at radius 1 is 1.10 bits per heavy atom. The van der Waals surface area contributed by atoms with E-state index in [1.807, 2.05) is 24.3 Å². The van der Waals surface area contributed by atoms with Crippen molar-refractivity contribution in [2.45, 2.75) is 19.3 Å². The molecule has 3 rings (SSSR count). The molecule has 3 N–H and O–H groups in total. The fraction of sp³-hybridized carbons (Fsp3) is 0.211. The number of aromatic nitrogens is 3. The number of hydrogen-bond donors (Lipinski definition) is 3. The highest BCUT2D eigenvalue weighted by Crippen LogP contribution is 2.32. The van der Waals surface area contributed by atoms with E-state index in [4.69, 9.17) is 0 Å². The van der Waals surface area contributed by atoms with Crippen LogP contribution in [0.25, 0.3) is 11.4 Å². The molecule has 0 fully saturated rings. The lowest BCUT2D eigenvalue weighted by Gasteiger charge is -2.16. The summed E-state index contributed by atoms with van der Waals surface area (Å²) in [6.45, 7) is 0.226. The number of nitrogens with zero attached hydrogens (tertiary/aromatic N) is 3. The summed E-state index contributed by atoms with van der Waals surface area (Å²) in [6, 6.07) is 10.1. The van der Waals surface area contributed by atoms with E-state index in [2.05, 4.69) is 30.8 Å². The second kappa shape index (κ2) is 8.72. The quantitative estimate of drug-likeness (QED) is 0.344. The largest absolute Gasteiger partial charge is 0.416 e. The van der Waals surface area contributed by atoms with E-state index >= 15 is 0 Å². The van der Waals surface area contributed by atoms with Gasteiger partial charge in [-0.3, -0.25) is 10.1 Å². The number of H-pyrrole nitrogens is 1. The summed E-state index contributed by atoms with van der Waals surface area (Å²) in [6.07, 6.45) is -3.23. The van der Waals surface area contributed by atoms with Crippen LogP contribution in [0, 0.1) is 5.82 Å². The molecule has 2 aromatic carbocycles. The van der Waals surface area contributed by atoms with Gasteiger partial charge in [-0.15, -0.1) is 0 Å². The summed E-state index contributed by atoms with van der Waals surface area (Å²) < 4.78 is 52.5. The van der Waals surface area contributed by atoms with E-state index in [0.717, 1.165) is 23.3 Å². The van der Waals surface area contributed by atoms with Gasteiger partial charge in [0.1, 0.15) is 12.1 Å². The van der Waals surface area contributed by atoms with Gasteiger partial charge in [0.2, 0.25) is 0 Å². The van der Waals surface area contributed by atoms with E-state index < -0.39 is 17.6 Å². The predicted octanol–water partition coefficient (Wildman–Crippen LogP) is 3.49. The fourth-order valence-electron chi connectivity index (χ4n) is 2.73. The van der Waals surface area contributed by atoms with Gasteiger partial charge in [-0.2, -0.15) is 18.3 Å². The highest BCUT2D eigenvalue weighted by molar-refractivity contribution is 5.79. The highest BCUT2D eigenvalue weighted by atomic mass is 19.4. The zero-order valence-corrected chi connectivity index (χ0v) is 15.4. The first kappa shape index (κ1) is 20.3. The molecule has 152 valence electrons. The lowest BCUT2D eigenvalue weighted by Crippen LogP contribution is -2.36. The van der Waals surface area contributed by atoms with E-state index in [0.29, 0.717) is 24.4 Å². The second-order valence-electron chi connectivity index (χ2n) is 6.11. The Balaban J connectivity index is 1.63. The third kappa shape index (κ3) is 5.31. The van der Waals surface area contributed by atoms with Crippen molar-refractivity contribution in [2.24, 2.45) is 4.99 Å². The monoisotopic (exact) mass is 406 g/mol. The van der Waals surface area contributed by atoms with Crippen LogP contribution in [-0.4, -0.2) is 28.2 Å². The Morgan fingerprint density at radius 3 is 2.59 bits per heavy atom. The number of aromatic amines is 1. The van der Waals surface area contributed by atoms with Gasteiger partial charge < -0.3 is 10.6 Å². The molecule has 0 aliphatic heterocycles. The smallest absolute Gasteiger partial charge is 0.352 e. The van der Waals surface area contributed by atoms with Crippen molar-refractivity contribution in [3.05, 3.63) is 71.3 Å². The third-order valence-electron chi connectivity index (χ3n) is 4.12. The van der Waals surface area contributed by atoms with E-state index in [-0.39, 0.29) is 12.1 Å². The summed E-state index contributed by atoms with van der Waals surface area (Å²) >= 11 is 0. The molecule has 0 bridgehead atoms. The molecule has 1 heterocycles. The van der Waals surface area contributed by atoms with Crippen molar-refractivity contribution in [2.75, 3.05) is 7.05 Å². The number of guanidine groups is 1. The third-order valence-corrected chi connectivity index (χ3v) is 4.12. The van der Waals surface area contributed by atoms with Gasteiger partial charge in [-0.1, -0.05) is 24.3 Å². The number of hydrogen-bond acceptors (Lipinski definition) is 3. The average molecular weight is 406 g/mol. The summed E-state index contributed by atoms with van der Waals surface area (Å²) in [5.41, 5.74) is 0.680. The minimum atomic E-state index is -4.64. The molecule has 0 aliphatic carbocycles. The molecule has 0 radical (unpaired) electrons. The number of nitrogens with one attached hydrogen (secondary N) is 3. The maximum atomic E-state index is 13.2. The van der Waals surface area contributed by atoms with Gasteiger partial charge in [0, 0.05) is 25.7 Å². The molecule has 10 heteroatoms. The maximum Gasteiger partial charge on any atom is 0.416 e. The van der Waals surface area contributed by atoms with Gasteiger partial charge in [-0.25, -0.2) is 9.37 Å². The SMILES string of the molecule is CN=C(NCc1cccc(-c2ncn[nH]2)c1)NCc1ccc(F)cc1C(F)(F)F. The molecule has 29 heavy (non-hydrogen) atoms. The lowest BCUT2D eigenvalue weighted by molar-refractivity contribution is -0.138. The van der Waals surface area contributed by atoms with Crippen LogP contribution >= 0.6 is 0 Å². The highest BCUT2D eigenvalue weighted by Gasteiger charge is 2.33. The van der Waals surface area contributed by atoms with Gasteiger partial charge in [0.25, 0.3) is 0 Å². The van der Waals surface area contributed by atoms with Gasteiger partial charge in [-0.05, 0) is 29.3 Å². The van der Waals surface area contributed by atoms with Crippen LogP contribution in [0.4, 0.5) is 17.6 Å². The molecule has 0 atom stereocenters. The maximum absolute atomic E-state index is 13.2. The zero-order valence-electron chi connectivity index (χ0n) is 15.4. The molecule has 6 nitrogen and oxygen atoms in total. The number of rotatable bonds is 5. The van der Waals surface area contributed by atoms with Crippen LogP contribution in [0.2, 0.25) is 0 Å². The minimum Gasteiger partial charge on any atom is -0.352 e. The van der Waals surface area contributed by atoms with E-state index in [1.165, 1.54) is 13.4 Å². The molecule has 1 aromatic heterocycles. The van der Waals surface area contributed by atoms with Crippen molar-refractivity contribution in [3.8, 4) is 11.4 Å². The topological polar surface area (TPSA) is 78.0 Å². The van der Waals surface area contributed by atoms with E-state index in [1.54, 1.807) is 0 Å². The Morgan fingerprint density at radius 2 is 1.90 bits per heavy atom. The molecule has 0 saturated heterocycles. The Bertz CT molecular complexity index is 983. The average Bonchev–Trinajstić information content (AvgIpc) is 3.23. The number of benzene rings is 2. The molecular formula is C19H18F4N6. The lowest BCUT2D eigenvalue weighted by atomic mass is 10.1. The molecule has 0 unspecified atom stereocenters. The summed E-state index contributed by atoms with van der Waals surface area (Å²) in [5.74, 6) is 0.00749. The molecule has 0 spiro atoms. The second-order valence-corrected chi connectivity index (χ2v) is 6.11. The first-order valence-corrected chi connectivity index (χ1v) is 8.61. The summed E-state index contributed by atoms with van der Waals surface area (Å²) in [5, 5.41) is 12.4. The van der Waals surface area contributed by atoms with Crippen LogP contribution in [0.5, 0.6) is 0 Å². The van der Waals surface area contributed by atoms with Crippen molar-refractivity contribution in [1.82, 2.24) is 25.8 Å². The van der Waals surface area contributed by atoms with E-state index in [9.17, 15) is 17.6 Å². The Labute approximate surface area is 164 Å². The predicted molar refractivity (Wildman–Crippen MR) is 100 cm³/mol. The van der Waals surface area contributed by atoms with Crippen molar-refractivity contribution in [1.29, 1.82) is 0 Å².